The van der Waals surface area contributed by atoms with Gasteiger partial charge in [0.2, 0.25) is 11.9 Å². The third-order valence-electron chi connectivity index (χ3n) is 3.97. The fraction of sp³-hybridized carbons (Fsp3) is 0.667. The Bertz CT molecular complexity index is 460. The Morgan fingerprint density at radius 3 is 2.65 bits per heavy atom. The van der Waals surface area contributed by atoms with Crippen LogP contribution in [-0.2, 0) is 9.53 Å². The molecule has 1 aromatic heterocycles. The zero-order chi connectivity index (χ0) is 16.5. The summed E-state index contributed by atoms with van der Waals surface area (Å²) >= 11 is 0. The van der Waals surface area contributed by atoms with Crippen LogP contribution in [0, 0.1) is 0 Å². The molecular formula is C15H26N6O2. The van der Waals surface area contributed by atoms with E-state index in [1.165, 1.54) is 0 Å². The fourth-order valence-electron chi connectivity index (χ4n) is 2.52. The molecule has 1 aromatic rings. The van der Waals surface area contributed by atoms with Gasteiger partial charge in [-0.1, -0.05) is 0 Å². The lowest BCUT2D eigenvalue weighted by molar-refractivity contribution is -0.123. The van der Waals surface area contributed by atoms with Gasteiger partial charge in [0.25, 0.3) is 0 Å². The molecule has 1 aliphatic rings. The monoisotopic (exact) mass is 322 g/mol. The Labute approximate surface area is 137 Å². The number of aromatic nitrogens is 2. The number of amides is 1. The summed E-state index contributed by atoms with van der Waals surface area (Å²) in [6.07, 6.45) is 3.63. The lowest BCUT2D eigenvalue weighted by Gasteiger charge is -2.34. The lowest BCUT2D eigenvalue weighted by Crippen LogP contribution is -2.49. The van der Waals surface area contributed by atoms with Crippen LogP contribution in [0.3, 0.4) is 0 Å². The molecule has 1 amide bonds. The summed E-state index contributed by atoms with van der Waals surface area (Å²) in [7, 11) is 1.57. The molecule has 2 rings (SSSR count). The molecule has 1 saturated heterocycles. The Morgan fingerprint density at radius 1 is 1.35 bits per heavy atom. The Kier molecular flexibility index (Phi) is 7.18. The number of nitrogens with two attached hydrogens (primary N) is 1. The van der Waals surface area contributed by atoms with Gasteiger partial charge in [0.1, 0.15) is 0 Å². The van der Waals surface area contributed by atoms with E-state index in [4.69, 9.17) is 10.5 Å². The average Bonchev–Trinajstić information content (AvgIpc) is 2.61. The van der Waals surface area contributed by atoms with E-state index in [2.05, 4.69) is 25.1 Å². The molecule has 23 heavy (non-hydrogen) atoms. The van der Waals surface area contributed by atoms with Crippen LogP contribution in [-0.4, -0.2) is 79.8 Å². The molecule has 0 saturated carbocycles. The number of hydrogen-bond acceptors (Lipinski definition) is 7. The van der Waals surface area contributed by atoms with Crippen LogP contribution in [0.15, 0.2) is 18.5 Å². The van der Waals surface area contributed by atoms with Gasteiger partial charge in [-0.25, -0.2) is 9.97 Å². The molecule has 0 radical (unpaired) electrons. The average molecular weight is 322 g/mol. The van der Waals surface area contributed by atoms with Crippen LogP contribution < -0.4 is 16.0 Å². The summed E-state index contributed by atoms with van der Waals surface area (Å²) in [6, 6.07) is 1.82. The molecule has 0 aliphatic carbocycles. The maximum atomic E-state index is 11.8. The summed E-state index contributed by atoms with van der Waals surface area (Å²) in [4.78, 5) is 24.8. The van der Waals surface area contributed by atoms with Gasteiger partial charge < -0.3 is 20.7 Å². The van der Waals surface area contributed by atoms with Gasteiger partial charge in [-0.05, 0) is 6.07 Å². The first-order chi connectivity index (χ1) is 11.2. The highest BCUT2D eigenvalue weighted by Gasteiger charge is 2.18. The third kappa shape index (κ3) is 5.74. The second kappa shape index (κ2) is 9.39. The highest BCUT2D eigenvalue weighted by molar-refractivity contribution is 5.76. The fourth-order valence-corrected chi connectivity index (χ4v) is 2.52. The number of nitrogens with one attached hydrogen (secondary N) is 1. The number of anilines is 1. The molecule has 128 valence electrons. The second-order valence-corrected chi connectivity index (χ2v) is 5.52. The third-order valence-corrected chi connectivity index (χ3v) is 3.97. The minimum absolute atomic E-state index is 0.0152. The van der Waals surface area contributed by atoms with Crippen molar-refractivity contribution in [1.82, 2.24) is 20.2 Å². The van der Waals surface area contributed by atoms with Crippen molar-refractivity contribution in [2.45, 2.75) is 12.5 Å². The molecule has 1 fully saturated rings. The standard InChI is InChI=1S/C15H26N6O2/c1-23-13(12-16)11-14(22)17-5-6-20-7-9-21(10-8-20)15-18-3-2-4-19-15/h2-4,13H,5-12,16H2,1H3,(H,17,22). The number of carbonyl (C=O) groups is 1. The van der Waals surface area contributed by atoms with Crippen molar-refractivity contribution < 1.29 is 9.53 Å². The van der Waals surface area contributed by atoms with Crippen molar-refractivity contribution in [3.8, 4) is 0 Å². The van der Waals surface area contributed by atoms with Crippen molar-refractivity contribution in [2.24, 2.45) is 5.73 Å². The molecule has 0 spiro atoms. The SMILES string of the molecule is COC(CN)CC(=O)NCCN1CCN(c2ncccn2)CC1. The number of ether oxygens (including phenoxy) is 1. The largest absolute Gasteiger partial charge is 0.380 e. The number of nitrogens with zero attached hydrogens (tertiary/aromatic N) is 4. The molecule has 8 nitrogen and oxygen atoms in total. The predicted molar refractivity (Wildman–Crippen MR) is 88.2 cm³/mol. The second-order valence-electron chi connectivity index (χ2n) is 5.52. The van der Waals surface area contributed by atoms with Crippen molar-refractivity contribution in [1.29, 1.82) is 0 Å². The van der Waals surface area contributed by atoms with Gasteiger partial charge in [0.15, 0.2) is 0 Å². The van der Waals surface area contributed by atoms with Gasteiger partial charge in [-0.3, -0.25) is 9.69 Å². The van der Waals surface area contributed by atoms with Gasteiger partial charge in [0, 0.05) is 65.3 Å². The normalized spacial score (nSPS) is 17.0. The quantitative estimate of drug-likeness (QED) is 0.639. The first-order valence-electron chi connectivity index (χ1n) is 7.96. The number of carbonyl (C=O) groups excluding carboxylic acids is 1. The maximum Gasteiger partial charge on any atom is 0.225 e. The first kappa shape index (κ1) is 17.6. The van der Waals surface area contributed by atoms with Crippen molar-refractivity contribution in [2.75, 3.05) is 57.8 Å². The molecule has 2 heterocycles. The van der Waals surface area contributed by atoms with E-state index in [0.29, 0.717) is 19.5 Å². The molecule has 0 aromatic carbocycles. The Balaban J connectivity index is 1.62. The molecule has 3 N–H and O–H groups in total. The van der Waals surface area contributed by atoms with Gasteiger partial charge in [-0.2, -0.15) is 0 Å². The van der Waals surface area contributed by atoms with E-state index in [1.807, 2.05) is 6.07 Å². The van der Waals surface area contributed by atoms with Crippen molar-refractivity contribution >= 4 is 11.9 Å². The molecule has 8 heteroatoms. The molecular weight excluding hydrogens is 296 g/mol. The number of rotatable bonds is 8. The van der Waals surface area contributed by atoms with E-state index >= 15 is 0 Å². The molecule has 1 atom stereocenters. The predicted octanol–water partition coefficient (Wildman–Crippen LogP) is -0.921. The van der Waals surface area contributed by atoms with Crippen LogP contribution in [0.4, 0.5) is 5.95 Å². The topological polar surface area (TPSA) is 96.6 Å². The molecule has 1 unspecified atom stereocenters. The van der Waals surface area contributed by atoms with Crippen LogP contribution in [0.5, 0.6) is 0 Å². The molecule has 0 bridgehead atoms. The van der Waals surface area contributed by atoms with Crippen molar-refractivity contribution in [3.63, 3.8) is 0 Å². The van der Waals surface area contributed by atoms with E-state index in [0.717, 1.165) is 38.7 Å². The van der Waals surface area contributed by atoms with Gasteiger partial charge in [0.05, 0.1) is 12.5 Å². The Hall–Kier alpha value is -1.77. The van der Waals surface area contributed by atoms with Gasteiger partial charge >= 0.3 is 0 Å². The summed E-state index contributed by atoms with van der Waals surface area (Å²) in [5.74, 6) is 0.770. The highest BCUT2D eigenvalue weighted by Crippen LogP contribution is 2.09. The van der Waals surface area contributed by atoms with E-state index in [1.54, 1.807) is 19.5 Å². The van der Waals surface area contributed by atoms with Gasteiger partial charge in [-0.15, -0.1) is 0 Å². The van der Waals surface area contributed by atoms with Crippen LogP contribution in [0.2, 0.25) is 0 Å². The lowest BCUT2D eigenvalue weighted by atomic mass is 10.2. The summed E-state index contributed by atoms with van der Waals surface area (Å²) < 4.78 is 5.11. The minimum Gasteiger partial charge on any atom is -0.380 e. The zero-order valence-corrected chi connectivity index (χ0v) is 13.6. The molecule has 1 aliphatic heterocycles. The van der Waals surface area contributed by atoms with Crippen LogP contribution >= 0.6 is 0 Å². The van der Waals surface area contributed by atoms with Crippen LogP contribution in [0.1, 0.15) is 6.42 Å². The minimum atomic E-state index is -0.204. The summed E-state index contributed by atoms with van der Waals surface area (Å²) in [6.45, 7) is 5.52. The summed E-state index contributed by atoms with van der Waals surface area (Å²) in [5, 5.41) is 2.92. The number of methoxy groups -OCH3 is 1. The highest BCUT2D eigenvalue weighted by atomic mass is 16.5. The number of hydrogen-bond donors (Lipinski definition) is 2. The van der Waals surface area contributed by atoms with Crippen molar-refractivity contribution in [3.05, 3.63) is 18.5 Å². The van der Waals surface area contributed by atoms with E-state index in [-0.39, 0.29) is 12.0 Å². The van der Waals surface area contributed by atoms with E-state index in [9.17, 15) is 4.79 Å². The zero-order valence-electron chi connectivity index (χ0n) is 13.6. The Morgan fingerprint density at radius 2 is 2.04 bits per heavy atom. The first-order valence-corrected chi connectivity index (χ1v) is 7.96. The summed E-state index contributed by atoms with van der Waals surface area (Å²) in [5.41, 5.74) is 5.51. The smallest absolute Gasteiger partial charge is 0.225 e. The number of piperazine rings is 1. The maximum absolute atomic E-state index is 11.8. The van der Waals surface area contributed by atoms with Crippen LogP contribution in [0.25, 0.3) is 0 Å². The van der Waals surface area contributed by atoms with E-state index < -0.39 is 0 Å².